The highest BCUT2D eigenvalue weighted by atomic mass is 19.1. The maximum atomic E-state index is 13.8. The van der Waals surface area contributed by atoms with Crippen LogP contribution in [0.4, 0.5) is 4.39 Å². The number of rotatable bonds is 6. The second-order valence-corrected chi connectivity index (χ2v) is 6.24. The molecule has 1 N–H and O–H groups in total. The Morgan fingerprint density at radius 2 is 1.95 bits per heavy atom. The summed E-state index contributed by atoms with van der Waals surface area (Å²) in [6.45, 7) is 9.84. The van der Waals surface area contributed by atoms with Crippen molar-refractivity contribution in [1.82, 2.24) is 10.2 Å². The Labute approximate surface area is 128 Å². The molecule has 0 aromatic heterocycles. The molecule has 0 saturated carbocycles. The van der Waals surface area contributed by atoms with Gasteiger partial charge in [0.2, 0.25) is 0 Å². The summed E-state index contributed by atoms with van der Waals surface area (Å²) >= 11 is 0. The fourth-order valence-corrected chi connectivity index (χ4v) is 3.39. The highest BCUT2D eigenvalue weighted by Gasteiger charge is 2.35. The summed E-state index contributed by atoms with van der Waals surface area (Å²) in [5.74, 6) is -0.0714. The molecule has 2 rings (SSSR count). The molecule has 1 atom stereocenters. The van der Waals surface area contributed by atoms with Crippen molar-refractivity contribution >= 4 is 0 Å². The molecule has 1 aliphatic heterocycles. The third kappa shape index (κ3) is 3.83. The normalized spacial score (nSPS) is 22.4. The van der Waals surface area contributed by atoms with Gasteiger partial charge in [-0.3, -0.25) is 4.90 Å². The van der Waals surface area contributed by atoms with Gasteiger partial charge in [0.25, 0.3) is 0 Å². The van der Waals surface area contributed by atoms with Crippen LogP contribution in [0.5, 0.6) is 0 Å². The first-order valence-corrected chi connectivity index (χ1v) is 8.36. The zero-order valence-corrected chi connectivity index (χ0v) is 13.7. The van der Waals surface area contributed by atoms with Crippen LogP contribution in [0.3, 0.4) is 0 Å². The summed E-state index contributed by atoms with van der Waals surface area (Å²) < 4.78 is 13.8. The zero-order valence-electron chi connectivity index (χ0n) is 13.7. The Morgan fingerprint density at radius 1 is 1.24 bits per heavy atom. The molecule has 3 heteroatoms. The Balaban J connectivity index is 2.03. The molecule has 2 nitrogen and oxygen atoms in total. The third-order valence-corrected chi connectivity index (χ3v) is 5.19. The van der Waals surface area contributed by atoms with Crippen molar-refractivity contribution in [2.45, 2.75) is 58.0 Å². The second kappa shape index (κ2) is 7.37. The fourth-order valence-electron chi connectivity index (χ4n) is 3.39. The van der Waals surface area contributed by atoms with Gasteiger partial charge in [0.1, 0.15) is 5.82 Å². The lowest BCUT2D eigenvalue weighted by Gasteiger charge is -2.47. The lowest BCUT2D eigenvalue weighted by molar-refractivity contribution is 0.0714. The maximum absolute atomic E-state index is 13.8. The van der Waals surface area contributed by atoms with E-state index in [1.54, 1.807) is 12.1 Å². The Hall–Kier alpha value is -0.930. The Morgan fingerprint density at radius 3 is 2.57 bits per heavy atom. The minimum absolute atomic E-state index is 0.0714. The predicted molar refractivity (Wildman–Crippen MR) is 87.1 cm³/mol. The van der Waals surface area contributed by atoms with Crippen molar-refractivity contribution in [3.8, 4) is 0 Å². The molecule has 1 saturated heterocycles. The molecule has 1 fully saturated rings. The number of nitrogens with one attached hydrogen (secondary N) is 1. The van der Waals surface area contributed by atoms with Crippen molar-refractivity contribution in [2.24, 2.45) is 0 Å². The van der Waals surface area contributed by atoms with Crippen LogP contribution < -0.4 is 5.32 Å². The Kier molecular flexibility index (Phi) is 5.77. The van der Waals surface area contributed by atoms with Crippen LogP contribution in [-0.4, -0.2) is 36.1 Å². The molecule has 118 valence electrons. The van der Waals surface area contributed by atoms with E-state index in [-0.39, 0.29) is 11.4 Å². The van der Waals surface area contributed by atoms with Crippen molar-refractivity contribution < 1.29 is 4.39 Å². The lowest BCUT2D eigenvalue weighted by Crippen LogP contribution is -2.63. The van der Waals surface area contributed by atoms with E-state index >= 15 is 0 Å². The van der Waals surface area contributed by atoms with Crippen LogP contribution in [0.1, 0.15) is 45.6 Å². The quantitative estimate of drug-likeness (QED) is 0.861. The Bertz CT molecular complexity index is 443. The van der Waals surface area contributed by atoms with Gasteiger partial charge in [-0.1, -0.05) is 39.0 Å². The van der Waals surface area contributed by atoms with Crippen molar-refractivity contribution in [3.05, 3.63) is 35.6 Å². The maximum Gasteiger partial charge on any atom is 0.126 e. The lowest BCUT2D eigenvalue weighted by atomic mass is 9.88. The second-order valence-electron chi connectivity index (χ2n) is 6.24. The van der Waals surface area contributed by atoms with E-state index in [1.807, 2.05) is 12.1 Å². The molecule has 1 heterocycles. The molecular weight excluding hydrogens is 263 g/mol. The summed E-state index contributed by atoms with van der Waals surface area (Å²) in [7, 11) is 0. The predicted octanol–water partition coefficient (Wildman–Crippen LogP) is 3.61. The number of halogens is 1. The summed E-state index contributed by atoms with van der Waals surface area (Å²) in [5.41, 5.74) is 1.07. The molecule has 21 heavy (non-hydrogen) atoms. The minimum atomic E-state index is -0.0714. The minimum Gasteiger partial charge on any atom is -0.308 e. The smallest absolute Gasteiger partial charge is 0.126 e. The van der Waals surface area contributed by atoms with Crippen LogP contribution in [-0.2, 0) is 6.42 Å². The van der Waals surface area contributed by atoms with Crippen molar-refractivity contribution in [2.75, 3.05) is 19.6 Å². The molecule has 0 radical (unpaired) electrons. The molecule has 1 aromatic rings. The van der Waals surface area contributed by atoms with E-state index in [4.69, 9.17) is 0 Å². The average molecular weight is 292 g/mol. The molecule has 0 amide bonds. The number of hydrogen-bond donors (Lipinski definition) is 1. The van der Waals surface area contributed by atoms with Crippen LogP contribution in [0.2, 0.25) is 0 Å². The van der Waals surface area contributed by atoms with Gasteiger partial charge in [0, 0.05) is 31.2 Å². The van der Waals surface area contributed by atoms with Crippen LogP contribution in [0.15, 0.2) is 24.3 Å². The van der Waals surface area contributed by atoms with Gasteiger partial charge < -0.3 is 5.32 Å². The van der Waals surface area contributed by atoms with Gasteiger partial charge in [0.15, 0.2) is 0 Å². The summed E-state index contributed by atoms with van der Waals surface area (Å²) in [5, 5.41) is 3.76. The number of nitrogens with zero attached hydrogens (tertiary/aromatic N) is 1. The highest BCUT2D eigenvalue weighted by Crippen LogP contribution is 2.24. The zero-order chi connectivity index (χ0) is 15.3. The van der Waals surface area contributed by atoms with Gasteiger partial charge in [0.05, 0.1) is 0 Å². The molecule has 0 spiro atoms. The van der Waals surface area contributed by atoms with E-state index < -0.39 is 0 Å². The van der Waals surface area contributed by atoms with E-state index in [0.29, 0.717) is 6.04 Å². The van der Waals surface area contributed by atoms with E-state index in [1.165, 1.54) is 0 Å². The van der Waals surface area contributed by atoms with Gasteiger partial charge in [-0.05, 0) is 37.3 Å². The first kappa shape index (κ1) is 16.4. The number of hydrogen-bond acceptors (Lipinski definition) is 2. The molecule has 1 aromatic carbocycles. The first-order chi connectivity index (χ1) is 10.1. The topological polar surface area (TPSA) is 15.3 Å². The standard InChI is InChI=1S/C18H29FN2/c1-4-16-13-20-18(5-2,6-3)14-21(16)12-11-15-9-7-8-10-17(15)19/h7-10,16,20H,4-6,11-14H2,1-3H3. The largest absolute Gasteiger partial charge is 0.308 e. The van der Waals surface area contributed by atoms with Crippen molar-refractivity contribution in [3.63, 3.8) is 0 Å². The third-order valence-electron chi connectivity index (χ3n) is 5.19. The first-order valence-electron chi connectivity index (χ1n) is 8.36. The number of piperazine rings is 1. The monoisotopic (exact) mass is 292 g/mol. The molecule has 0 bridgehead atoms. The van der Waals surface area contributed by atoms with E-state index in [2.05, 4.69) is 31.0 Å². The van der Waals surface area contributed by atoms with Crippen LogP contribution in [0.25, 0.3) is 0 Å². The van der Waals surface area contributed by atoms with Gasteiger partial charge in [-0.25, -0.2) is 4.39 Å². The van der Waals surface area contributed by atoms with Gasteiger partial charge in [-0.2, -0.15) is 0 Å². The molecule has 0 aliphatic carbocycles. The average Bonchev–Trinajstić information content (AvgIpc) is 2.53. The van der Waals surface area contributed by atoms with E-state index in [0.717, 1.165) is 50.9 Å². The summed E-state index contributed by atoms with van der Waals surface area (Å²) in [6, 6.07) is 7.73. The highest BCUT2D eigenvalue weighted by molar-refractivity contribution is 5.17. The molecule has 1 unspecified atom stereocenters. The molecular formula is C18H29FN2. The van der Waals surface area contributed by atoms with Gasteiger partial charge in [-0.15, -0.1) is 0 Å². The molecule has 1 aliphatic rings. The van der Waals surface area contributed by atoms with Crippen molar-refractivity contribution in [1.29, 1.82) is 0 Å². The summed E-state index contributed by atoms with van der Waals surface area (Å²) in [6.07, 6.45) is 4.24. The van der Waals surface area contributed by atoms with E-state index in [9.17, 15) is 4.39 Å². The van der Waals surface area contributed by atoms with Crippen LogP contribution in [0, 0.1) is 5.82 Å². The SMILES string of the molecule is CCC1CNC(CC)(CC)CN1CCc1ccccc1F. The fraction of sp³-hybridized carbons (Fsp3) is 0.667. The summed E-state index contributed by atoms with van der Waals surface area (Å²) in [4.78, 5) is 2.57. The van der Waals surface area contributed by atoms with Crippen LogP contribution >= 0.6 is 0 Å². The number of benzene rings is 1. The van der Waals surface area contributed by atoms with Gasteiger partial charge >= 0.3 is 0 Å².